The Bertz CT molecular complexity index is 884. The van der Waals surface area contributed by atoms with Gasteiger partial charge in [0.05, 0.1) is 17.9 Å². The Morgan fingerprint density at radius 3 is 2.83 bits per heavy atom. The van der Waals surface area contributed by atoms with E-state index in [4.69, 9.17) is 0 Å². The monoisotopic (exact) mass is 332 g/mol. The third-order valence-electron chi connectivity index (χ3n) is 4.37. The fourth-order valence-corrected chi connectivity index (χ4v) is 4.05. The number of carbonyl (C=O) groups is 1. The van der Waals surface area contributed by atoms with E-state index in [1.807, 2.05) is 0 Å². The van der Waals surface area contributed by atoms with Crippen molar-refractivity contribution in [3.63, 3.8) is 0 Å². The molecule has 1 saturated carbocycles. The zero-order valence-electron chi connectivity index (χ0n) is 12.3. The third kappa shape index (κ3) is 2.34. The van der Waals surface area contributed by atoms with E-state index in [1.54, 1.807) is 28.8 Å². The Kier molecular flexibility index (Phi) is 3.24. The lowest BCUT2D eigenvalue weighted by atomic mass is 9.93. The molecule has 0 radical (unpaired) electrons. The molecule has 0 bridgehead atoms. The average Bonchev–Trinajstić information content (AvgIpc) is 2.88. The molecule has 120 valence electrons. The first-order chi connectivity index (χ1) is 11.1. The number of hydrogen-bond donors (Lipinski definition) is 2. The van der Waals surface area contributed by atoms with Gasteiger partial charge < -0.3 is 5.32 Å². The number of amides is 1. The summed E-state index contributed by atoms with van der Waals surface area (Å²) in [6.45, 7) is 0.0322. The zero-order valence-corrected chi connectivity index (χ0v) is 13.1. The maximum Gasteiger partial charge on any atom is 0.272 e. The molecule has 7 nitrogen and oxygen atoms in total. The molecule has 8 heteroatoms. The molecule has 1 aliphatic carbocycles. The lowest BCUT2D eigenvalue weighted by Crippen LogP contribution is -2.40. The summed E-state index contributed by atoms with van der Waals surface area (Å²) in [6, 6.07) is 6.89. The molecule has 1 fully saturated rings. The molecule has 1 aliphatic heterocycles. The molecule has 1 amide bonds. The summed E-state index contributed by atoms with van der Waals surface area (Å²) in [4.78, 5) is 16.8. The second-order valence-corrected chi connectivity index (χ2v) is 7.54. The summed E-state index contributed by atoms with van der Waals surface area (Å²) in [5.41, 5.74) is 1.33. The van der Waals surface area contributed by atoms with E-state index in [0.717, 1.165) is 19.3 Å². The van der Waals surface area contributed by atoms with Crippen molar-refractivity contribution in [1.29, 1.82) is 0 Å². The molecular formula is C15H16N4O3S. The molecule has 0 atom stereocenters. The molecule has 1 aromatic carbocycles. The van der Waals surface area contributed by atoms with Crippen LogP contribution in [0, 0.1) is 0 Å². The van der Waals surface area contributed by atoms with Gasteiger partial charge in [0.15, 0.2) is 5.69 Å². The summed E-state index contributed by atoms with van der Waals surface area (Å²) in [7, 11) is -3.61. The minimum atomic E-state index is -3.61. The Morgan fingerprint density at radius 2 is 2.09 bits per heavy atom. The topological polar surface area (TPSA) is 93.1 Å². The maximum absolute atomic E-state index is 12.4. The van der Waals surface area contributed by atoms with E-state index in [-0.39, 0.29) is 29.1 Å². The number of carbonyl (C=O) groups excluding carboxylic acids is 1. The number of para-hydroxylation sites is 1. The maximum atomic E-state index is 12.4. The molecule has 23 heavy (non-hydrogen) atoms. The van der Waals surface area contributed by atoms with Gasteiger partial charge in [0.2, 0.25) is 10.0 Å². The summed E-state index contributed by atoms with van der Waals surface area (Å²) in [5, 5.41) is 2.94. The number of imidazole rings is 1. The van der Waals surface area contributed by atoms with Crippen LogP contribution < -0.4 is 10.0 Å². The Morgan fingerprint density at radius 1 is 1.30 bits per heavy atom. The van der Waals surface area contributed by atoms with Crippen molar-refractivity contribution in [2.24, 2.45) is 0 Å². The van der Waals surface area contributed by atoms with Crippen molar-refractivity contribution in [3.8, 4) is 5.69 Å². The van der Waals surface area contributed by atoms with Crippen LogP contribution >= 0.6 is 0 Å². The molecule has 2 aromatic rings. The first kappa shape index (κ1) is 14.4. The van der Waals surface area contributed by atoms with Gasteiger partial charge in [-0.25, -0.2) is 18.1 Å². The van der Waals surface area contributed by atoms with Gasteiger partial charge in [0.25, 0.3) is 5.91 Å². The quantitative estimate of drug-likeness (QED) is 0.856. The van der Waals surface area contributed by atoms with Gasteiger partial charge in [-0.05, 0) is 31.4 Å². The predicted molar refractivity (Wildman–Crippen MR) is 82.7 cm³/mol. The van der Waals surface area contributed by atoms with E-state index in [2.05, 4.69) is 15.0 Å². The smallest absolute Gasteiger partial charge is 0.272 e. The average molecular weight is 332 g/mol. The van der Waals surface area contributed by atoms with Gasteiger partial charge >= 0.3 is 0 Å². The minimum Gasteiger partial charge on any atom is -0.348 e. The highest BCUT2D eigenvalue weighted by Gasteiger charge is 2.29. The summed E-state index contributed by atoms with van der Waals surface area (Å²) >= 11 is 0. The van der Waals surface area contributed by atoms with Gasteiger partial charge in [-0.1, -0.05) is 12.1 Å². The van der Waals surface area contributed by atoms with Gasteiger partial charge in [-0.2, -0.15) is 0 Å². The summed E-state index contributed by atoms with van der Waals surface area (Å²) < 4.78 is 28.9. The van der Waals surface area contributed by atoms with Gasteiger partial charge in [-0.15, -0.1) is 0 Å². The zero-order chi connectivity index (χ0) is 16.0. The fraction of sp³-hybridized carbons (Fsp3) is 0.333. The van der Waals surface area contributed by atoms with Crippen molar-refractivity contribution in [2.75, 3.05) is 0 Å². The molecule has 2 N–H and O–H groups in total. The summed E-state index contributed by atoms with van der Waals surface area (Å²) in [6.07, 6.45) is 4.60. The SMILES string of the molecule is O=C(NC1CCC1)c1ncn2c1CNS(=O)(=O)c1ccccc1-2. The number of nitrogens with one attached hydrogen (secondary N) is 2. The predicted octanol–water partition coefficient (Wildman–Crippen LogP) is 0.946. The van der Waals surface area contributed by atoms with Crippen molar-refractivity contribution in [2.45, 2.75) is 36.7 Å². The largest absolute Gasteiger partial charge is 0.348 e. The lowest BCUT2D eigenvalue weighted by Gasteiger charge is -2.26. The molecule has 1 aromatic heterocycles. The molecule has 2 aliphatic rings. The highest BCUT2D eigenvalue weighted by molar-refractivity contribution is 7.89. The van der Waals surface area contributed by atoms with Crippen LogP contribution in [0.25, 0.3) is 5.69 Å². The number of fused-ring (bicyclic) bond motifs is 3. The first-order valence-electron chi connectivity index (χ1n) is 7.52. The van der Waals surface area contributed by atoms with Crippen LogP contribution in [0.5, 0.6) is 0 Å². The van der Waals surface area contributed by atoms with Gasteiger partial charge in [0.1, 0.15) is 11.2 Å². The van der Waals surface area contributed by atoms with Crippen LogP contribution in [0.3, 0.4) is 0 Å². The number of rotatable bonds is 2. The van der Waals surface area contributed by atoms with Crippen LogP contribution in [0.2, 0.25) is 0 Å². The summed E-state index contributed by atoms with van der Waals surface area (Å²) in [5.74, 6) is -0.248. The Hall–Kier alpha value is -2.19. The van der Waals surface area contributed by atoms with Crippen molar-refractivity contribution >= 4 is 15.9 Å². The van der Waals surface area contributed by atoms with Gasteiger partial charge in [-0.3, -0.25) is 9.36 Å². The third-order valence-corrected chi connectivity index (χ3v) is 5.81. The number of nitrogens with zero attached hydrogens (tertiary/aromatic N) is 2. The number of benzene rings is 1. The van der Waals surface area contributed by atoms with Crippen molar-refractivity contribution in [3.05, 3.63) is 42.0 Å². The van der Waals surface area contributed by atoms with E-state index in [0.29, 0.717) is 11.4 Å². The number of aromatic nitrogens is 2. The standard InChI is InChI=1S/C15H16N4O3S/c20-15(18-10-4-3-5-10)14-12-8-17-23(21,22)13-7-2-1-6-11(13)19(12)9-16-14/h1-2,6-7,9-10,17H,3-5,8H2,(H,18,20). The molecule has 0 unspecified atom stereocenters. The molecule has 2 heterocycles. The number of sulfonamides is 1. The Balaban J connectivity index is 1.78. The second kappa shape index (κ2) is 5.17. The highest BCUT2D eigenvalue weighted by Crippen LogP contribution is 2.26. The molecule has 0 saturated heterocycles. The van der Waals surface area contributed by atoms with E-state index in [1.165, 1.54) is 6.33 Å². The van der Waals surface area contributed by atoms with Crippen LogP contribution in [-0.4, -0.2) is 29.9 Å². The highest BCUT2D eigenvalue weighted by atomic mass is 32.2. The molecular weight excluding hydrogens is 316 g/mol. The van der Waals surface area contributed by atoms with Crippen molar-refractivity contribution in [1.82, 2.24) is 19.6 Å². The van der Waals surface area contributed by atoms with E-state index in [9.17, 15) is 13.2 Å². The normalized spacial score (nSPS) is 19.1. The first-order valence-corrected chi connectivity index (χ1v) is 9.01. The minimum absolute atomic E-state index is 0.0322. The van der Waals surface area contributed by atoms with E-state index >= 15 is 0 Å². The van der Waals surface area contributed by atoms with E-state index < -0.39 is 10.0 Å². The second-order valence-electron chi connectivity index (χ2n) is 5.80. The van der Waals surface area contributed by atoms with Crippen LogP contribution in [-0.2, 0) is 16.6 Å². The van der Waals surface area contributed by atoms with Crippen LogP contribution in [0.1, 0.15) is 35.4 Å². The number of hydrogen-bond acceptors (Lipinski definition) is 4. The van der Waals surface area contributed by atoms with Crippen molar-refractivity contribution < 1.29 is 13.2 Å². The Labute approximate surface area is 133 Å². The van der Waals surface area contributed by atoms with Crippen LogP contribution in [0.15, 0.2) is 35.5 Å². The van der Waals surface area contributed by atoms with Gasteiger partial charge in [0, 0.05) is 6.04 Å². The van der Waals surface area contributed by atoms with Crippen LogP contribution in [0.4, 0.5) is 0 Å². The lowest BCUT2D eigenvalue weighted by molar-refractivity contribution is 0.0911. The fourth-order valence-electron chi connectivity index (χ4n) is 2.87. The molecule has 0 spiro atoms. The molecule has 4 rings (SSSR count).